The van der Waals surface area contributed by atoms with Crippen LogP contribution in [0.5, 0.6) is 0 Å². The lowest BCUT2D eigenvalue weighted by atomic mass is 10.0. The Hall–Kier alpha value is -1.60. The van der Waals surface area contributed by atoms with Gasteiger partial charge in [0.05, 0.1) is 11.2 Å². The number of nitriles is 1. The van der Waals surface area contributed by atoms with Crippen LogP contribution in [0.25, 0.3) is 0 Å². The summed E-state index contributed by atoms with van der Waals surface area (Å²) in [6, 6.07) is 5.63. The minimum Gasteiger partial charge on any atom is -0.388 e. The van der Waals surface area contributed by atoms with Crippen LogP contribution in [-0.2, 0) is 0 Å². The molecular weight excluding hydrogens is 214 g/mol. The Kier molecular flexibility index (Phi) is 3.30. The van der Waals surface area contributed by atoms with E-state index in [0.29, 0.717) is 17.9 Å². The van der Waals surface area contributed by atoms with Crippen LogP contribution in [0, 0.1) is 11.3 Å². The van der Waals surface area contributed by atoms with Crippen LogP contribution in [0.3, 0.4) is 0 Å². The van der Waals surface area contributed by atoms with Gasteiger partial charge in [0.15, 0.2) is 0 Å². The van der Waals surface area contributed by atoms with Crippen molar-refractivity contribution in [3.63, 3.8) is 0 Å². The van der Waals surface area contributed by atoms with E-state index in [0.717, 1.165) is 25.7 Å². The molecule has 90 valence electrons. The summed E-state index contributed by atoms with van der Waals surface area (Å²) in [5, 5.41) is 19.3. The predicted octanol–water partition coefficient (Wildman–Crippen LogP) is 1.69. The average molecular weight is 231 g/mol. The summed E-state index contributed by atoms with van der Waals surface area (Å²) in [6.45, 7) is 0.540. The molecule has 1 aromatic rings. The van der Waals surface area contributed by atoms with E-state index in [1.807, 2.05) is 11.9 Å². The number of hydrogen-bond acceptors (Lipinski definition) is 4. The minimum atomic E-state index is -0.612. The smallest absolute Gasteiger partial charge is 0.146 e. The number of aromatic nitrogens is 1. The topological polar surface area (TPSA) is 60.1 Å². The molecule has 1 N–H and O–H groups in total. The highest BCUT2D eigenvalue weighted by molar-refractivity contribution is 5.53. The van der Waals surface area contributed by atoms with Crippen molar-refractivity contribution in [3.05, 3.63) is 23.9 Å². The fourth-order valence-corrected chi connectivity index (χ4v) is 2.50. The van der Waals surface area contributed by atoms with Gasteiger partial charge in [-0.05, 0) is 25.0 Å². The van der Waals surface area contributed by atoms with Crippen molar-refractivity contribution in [2.45, 2.75) is 31.3 Å². The van der Waals surface area contributed by atoms with Crippen LogP contribution in [0.4, 0.5) is 5.82 Å². The van der Waals surface area contributed by atoms with Crippen molar-refractivity contribution in [1.29, 1.82) is 5.26 Å². The molecule has 0 saturated heterocycles. The summed E-state index contributed by atoms with van der Waals surface area (Å²) in [7, 11) is 1.87. The van der Waals surface area contributed by atoms with Crippen LogP contribution < -0.4 is 4.90 Å². The third-order valence-electron chi connectivity index (χ3n) is 3.33. The molecule has 1 aromatic heterocycles. The molecule has 0 radical (unpaired) electrons. The van der Waals surface area contributed by atoms with E-state index < -0.39 is 5.60 Å². The van der Waals surface area contributed by atoms with Crippen LogP contribution in [-0.4, -0.2) is 29.3 Å². The lowest BCUT2D eigenvalue weighted by Gasteiger charge is -2.29. The van der Waals surface area contributed by atoms with Gasteiger partial charge in [-0.3, -0.25) is 0 Å². The van der Waals surface area contributed by atoms with Crippen LogP contribution in [0.15, 0.2) is 18.3 Å². The third-order valence-corrected chi connectivity index (χ3v) is 3.33. The van der Waals surface area contributed by atoms with Crippen molar-refractivity contribution < 1.29 is 5.11 Å². The molecule has 0 unspecified atom stereocenters. The Balaban J connectivity index is 2.14. The second-order valence-corrected chi connectivity index (χ2v) is 4.77. The molecule has 1 saturated carbocycles. The summed E-state index contributed by atoms with van der Waals surface area (Å²) in [5.41, 5.74) is -0.0597. The number of rotatable bonds is 3. The van der Waals surface area contributed by atoms with Gasteiger partial charge in [-0.15, -0.1) is 0 Å². The molecule has 0 aromatic carbocycles. The summed E-state index contributed by atoms with van der Waals surface area (Å²) in [6.07, 6.45) is 5.51. The Morgan fingerprint density at radius 1 is 1.53 bits per heavy atom. The first-order valence-corrected chi connectivity index (χ1v) is 5.93. The Morgan fingerprint density at radius 3 is 2.88 bits per heavy atom. The average Bonchev–Trinajstić information content (AvgIpc) is 2.75. The standard InChI is InChI=1S/C13H17N3O/c1-16(10-13(17)6-2-3-7-13)12-11(9-14)5-4-8-15-12/h4-5,8,17H,2-3,6-7,10H2,1H3. The summed E-state index contributed by atoms with van der Waals surface area (Å²) in [4.78, 5) is 6.09. The van der Waals surface area contributed by atoms with E-state index in [4.69, 9.17) is 5.26 Å². The normalized spacial score (nSPS) is 17.7. The fourth-order valence-electron chi connectivity index (χ4n) is 2.50. The van der Waals surface area contributed by atoms with Gasteiger partial charge in [0.1, 0.15) is 11.9 Å². The van der Waals surface area contributed by atoms with Crippen molar-refractivity contribution >= 4 is 5.82 Å². The Morgan fingerprint density at radius 2 is 2.24 bits per heavy atom. The van der Waals surface area contributed by atoms with Crippen LogP contribution in [0.1, 0.15) is 31.2 Å². The number of nitrogens with zero attached hydrogens (tertiary/aromatic N) is 3. The molecule has 0 spiro atoms. The van der Waals surface area contributed by atoms with Gasteiger partial charge in [-0.2, -0.15) is 5.26 Å². The first-order chi connectivity index (χ1) is 8.14. The van der Waals surface area contributed by atoms with Crippen molar-refractivity contribution in [1.82, 2.24) is 4.98 Å². The fraction of sp³-hybridized carbons (Fsp3) is 0.538. The van der Waals surface area contributed by atoms with Gasteiger partial charge in [-0.1, -0.05) is 12.8 Å². The van der Waals surface area contributed by atoms with Crippen molar-refractivity contribution in [3.8, 4) is 6.07 Å². The second-order valence-electron chi connectivity index (χ2n) is 4.77. The summed E-state index contributed by atoms with van der Waals surface area (Å²) < 4.78 is 0. The molecule has 0 bridgehead atoms. The zero-order valence-corrected chi connectivity index (χ0v) is 10.1. The lowest BCUT2D eigenvalue weighted by Crippen LogP contribution is -2.39. The number of hydrogen-bond donors (Lipinski definition) is 1. The molecule has 0 atom stereocenters. The molecule has 4 nitrogen and oxygen atoms in total. The number of aliphatic hydroxyl groups is 1. The maximum Gasteiger partial charge on any atom is 0.146 e. The Labute approximate surface area is 102 Å². The molecule has 1 aliphatic rings. The molecule has 4 heteroatoms. The summed E-state index contributed by atoms with van der Waals surface area (Å²) >= 11 is 0. The number of pyridine rings is 1. The maximum atomic E-state index is 10.3. The molecule has 1 heterocycles. The molecule has 17 heavy (non-hydrogen) atoms. The lowest BCUT2D eigenvalue weighted by molar-refractivity contribution is 0.0558. The largest absolute Gasteiger partial charge is 0.388 e. The monoisotopic (exact) mass is 231 g/mol. The maximum absolute atomic E-state index is 10.3. The van der Waals surface area contributed by atoms with E-state index in [-0.39, 0.29) is 0 Å². The van der Waals surface area contributed by atoms with Crippen molar-refractivity contribution in [2.24, 2.45) is 0 Å². The summed E-state index contributed by atoms with van der Waals surface area (Å²) in [5.74, 6) is 0.648. The van der Waals surface area contributed by atoms with Crippen LogP contribution >= 0.6 is 0 Å². The molecule has 0 aliphatic heterocycles. The third kappa shape index (κ3) is 2.56. The van der Waals surface area contributed by atoms with E-state index >= 15 is 0 Å². The van der Waals surface area contributed by atoms with E-state index in [1.165, 1.54) is 0 Å². The quantitative estimate of drug-likeness (QED) is 0.860. The highest BCUT2D eigenvalue weighted by Crippen LogP contribution is 2.31. The highest BCUT2D eigenvalue weighted by atomic mass is 16.3. The van der Waals surface area contributed by atoms with Crippen LogP contribution in [0.2, 0.25) is 0 Å². The van der Waals surface area contributed by atoms with Gasteiger partial charge in [-0.25, -0.2) is 4.98 Å². The second kappa shape index (κ2) is 4.72. The van der Waals surface area contributed by atoms with Gasteiger partial charge in [0.2, 0.25) is 0 Å². The van der Waals surface area contributed by atoms with Gasteiger partial charge in [0.25, 0.3) is 0 Å². The molecular formula is C13H17N3O. The van der Waals surface area contributed by atoms with E-state index in [1.54, 1.807) is 18.3 Å². The Bertz CT molecular complexity index is 433. The molecule has 0 amide bonds. The zero-order valence-electron chi connectivity index (χ0n) is 10.1. The highest BCUT2D eigenvalue weighted by Gasteiger charge is 2.32. The minimum absolute atomic E-state index is 0.540. The SMILES string of the molecule is CN(CC1(O)CCCC1)c1ncccc1C#N. The van der Waals surface area contributed by atoms with Gasteiger partial charge < -0.3 is 10.0 Å². The molecule has 1 fully saturated rings. The predicted molar refractivity (Wildman–Crippen MR) is 65.6 cm³/mol. The van der Waals surface area contributed by atoms with Gasteiger partial charge >= 0.3 is 0 Å². The first kappa shape index (κ1) is 11.9. The number of anilines is 1. The molecule has 1 aliphatic carbocycles. The first-order valence-electron chi connectivity index (χ1n) is 5.93. The number of likely N-dealkylation sites (N-methyl/N-ethyl adjacent to an activating group) is 1. The van der Waals surface area contributed by atoms with E-state index in [2.05, 4.69) is 11.1 Å². The van der Waals surface area contributed by atoms with E-state index in [9.17, 15) is 5.11 Å². The molecule has 2 rings (SSSR count). The zero-order chi connectivity index (χ0) is 12.3. The van der Waals surface area contributed by atoms with Gasteiger partial charge in [0, 0.05) is 19.8 Å². The van der Waals surface area contributed by atoms with Crippen molar-refractivity contribution in [2.75, 3.05) is 18.5 Å².